The third-order valence-electron chi connectivity index (χ3n) is 6.00. The van der Waals surface area contributed by atoms with Crippen LogP contribution in [0.4, 0.5) is 32.0 Å². The van der Waals surface area contributed by atoms with Crippen molar-refractivity contribution in [1.29, 1.82) is 0 Å². The lowest BCUT2D eigenvalue weighted by molar-refractivity contribution is -0.143. The van der Waals surface area contributed by atoms with E-state index in [0.29, 0.717) is 51.3 Å². The quantitative estimate of drug-likeness (QED) is 0.349. The van der Waals surface area contributed by atoms with Crippen LogP contribution in [0.15, 0.2) is 23.2 Å². The molecular formula is C21H29F6N5O. The van der Waals surface area contributed by atoms with E-state index < -0.39 is 23.5 Å². The van der Waals surface area contributed by atoms with E-state index in [1.54, 1.807) is 0 Å². The van der Waals surface area contributed by atoms with Gasteiger partial charge >= 0.3 is 12.4 Å². The van der Waals surface area contributed by atoms with Gasteiger partial charge in [-0.1, -0.05) is 12.8 Å². The molecule has 33 heavy (non-hydrogen) atoms. The zero-order chi connectivity index (χ0) is 24.2. The highest BCUT2D eigenvalue weighted by atomic mass is 19.4. The smallest absolute Gasteiger partial charge is 0.395 e. The van der Waals surface area contributed by atoms with Gasteiger partial charge < -0.3 is 21.1 Å². The summed E-state index contributed by atoms with van der Waals surface area (Å²) in [5, 5.41) is 11.9. The molecule has 3 rings (SSSR count). The van der Waals surface area contributed by atoms with Crippen LogP contribution >= 0.6 is 0 Å². The number of nitrogens with two attached hydrogens (primary N) is 1. The van der Waals surface area contributed by atoms with Crippen LogP contribution in [-0.2, 0) is 12.4 Å². The summed E-state index contributed by atoms with van der Waals surface area (Å²) < 4.78 is 79.7. The molecule has 4 N–H and O–H groups in total. The van der Waals surface area contributed by atoms with E-state index >= 15 is 0 Å². The van der Waals surface area contributed by atoms with Crippen LogP contribution in [0.25, 0.3) is 0 Å². The maximum Gasteiger partial charge on any atom is 0.416 e. The number of nitrogens with one attached hydrogen (secondary N) is 1. The first-order valence-electron chi connectivity index (χ1n) is 11.0. The lowest BCUT2D eigenvalue weighted by Crippen LogP contribution is -2.52. The molecular weight excluding hydrogens is 452 g/mol. The fourth-order valence-corrected chi connectivity index (χ4v) is 4.13. The number of guanidine groups is 1. The number of hydrogen-bond donors (Lipinski definition) is 3. The van der Waals surface area contributed by atoms with E-state index in [-0.39, 0.29) is 36.4 Å². The first kappa shape index (κ1) is 25.6. The molecule has 1 aliphatic heterocycles. The normalized spacial score (nSPS) is 23.6. The maximum absolute atomic E-state index is 13.3. The molecule has 0 unspecified atom stereocenters. The Morgan fingerprint density at radius 2 is 1.55 bits per heavy atom. The number of anilines is 1. The molecule has 2 fully saturated rings. The predicted octanol–water partition coefficient (Wildman–Crippen LogP) is 3.37. The van der Waals surface area contributed by atoms with Crippen molar-refractivity contribution in [2.45, 2.75) is 50.1 Å². The highest BCUT2D eigenvalue weighted by molar-refractivity contribution is 5.94. The molecule has 1 heterocycles. The first-order chi connectivity index (χ1) is 15.5. The molecule has 12 heteroatoms. The summed E-state index contributed by atoms with van der Waals surface area (Å²) in [6.45, 7) is 2.56. The standard InChI is InChI=1S/C21H29F6N5O/c22-20(23,24)14-11-15(21(25,26)27)13-16(12-14)29-19(30-18-4-2-1-3-17(18)28)32-7-5-31(6-8-32)9-10-33/h11-13,17-18,33H,1-10,28H2,(H,29,30)/t17-,18-/m0/s1. The van der Waals surface area contributed by atoms with Crippen molar-refractivity contribution in [3.05, 3.63) is 29.3 Å². The lowest BCUT2D eigenvalue weighted by Gasteiger charge is -2.37. The van der Waals surface area contributed by atoms with Gasteiger partial charge in [-0.3, -0.25) is 4.90 Å². The summed E-state index contributed by atoms with van der Waals surface area (Å²) in [6, 6.07) is 0.927. The number of alkyl halides is 6. The summed E-state index contributed by atoms with van der Waals surface area (Å²) in [5.41, 5.74) is 3.08. The Kier molecular flexibility index (Phi) is 8.12. The number of aliphatic imine (C=N–C) groups is 1. The average molecular weight is 481 g/mol. The maximum atomic E-state index is 13.3. The van der Waals surface area contributed by atoms with E-state index in [9.17, 15) is 26.3 Å². The van der Waals surface area contributed by atoms with Crippen LogP contribution < -0.4 is 11.1 Å². The largest absolute Gasteiger partial charge is 0.416 e. The number of halogens is 6. The van der Waals surface area contributed by atoms with Gasteiger partial charge in [0.15, 0.2) is 5.96 Å². The Labute approximate surface area is 188 Å². The molecule has 1 aliphatic carbocycles. The molecule has 2 atom stereocenters. The number of benzene rings is 1. The van der Waals surface area contributed by atoms with Crippen LogP contribution in [0.3, 0.4) is 0 Å². The van der Waals surface area contributed by atoms with E-state index in [4.69, 9.17) is 10.8 Å². The van der Waals surface area contributed by atoms with E-state index in [0.717, 1.165) is 19.3 Å². The second kappa shape index (κ2) is 10.5. The van der Waals surface area contributed by atoms with Gasteiger partial charge in [-0.15, -0.1) is 0 Å². The van der Waals surface area contributed by atoms with Crippen molar-refractivity contribution in [2.24, 2.45) is 10.7 Å². The van der Waals surface area contributed by atoms with Crippen molar-refractivity contribution in [3.8, 4) is 0 Å². The zero-order valence-corrected chi connectivity index (χ0v) is 18.1. The topological polar surface area (TPSA) is 77.1 Å². The fourth-order valence-electron chi connectivity index (χ4n) is 4.13. The lowest BCUT2D eigenvalue weighted by atomic mass is 9.91. The number of piperazine rings is 1. The molecule has 1 aromatic carbocycles. The summed E-state index contributed by atoms with van der Waals surface area (Å²) in [5.74, 6) is 0.216. The number of hydrogen-bond acceptors (Lipinski definition) is 4. The van der Waals surface area contributed by atoms with Crippen LogP contribution in [0, 0.1) is 0 Å². The monoisotopic (exact) mass is 481 g/mol. The van der Waals surface area contributed by atoms with Crippen LogP contribution in [0.2, 0.25) is 0 Å². The van der Waals surface area contributed by atoms with Gasteiger partial charge in [0.2, 0.25) is 0 Å². The van der Waals surface area contributed by atoms with Crippen LogP contribution in [0.1, 0.15) is 36.8 Å². The Bertz CT molecular complexity index is 788. The molecule has 0 spiro atoms. The second-order valence-corrected chi connectivity index (χ2v) is 8.44. The van der Waals surface area contributed by atoms with E-state index in [1.165, 1.54) is 0 Å². The van der Waals surface area contributed by atoms with Crippen molar-refractivity contribution in [3.63, 3.8) is 0 Å². The van der Waals surface area contributed by atoms with Crippen LogP contribution in [0.5, 0.6) is 0 Å². The molecule has 6 nitrogen and oxygen atoms in total. The van der Waals surface area contributed by atoms with E-state index in [1.807, 2.05) is 9.80 Å². The summed E-state index contributed by atoms with van der Waals surface area (Å²) in [6.07, 6.45) is -6.55. The Balaban J connectivity index is 1.93. The summed E-state index contributed by atoms with van der Waals surface area (Å²) in [7, 11) is 0. The van der Waals surface area contributed by atoms with Gasteiger partial charge in [-0.25, -0.2) is 4.99 Å². The van der Waals surface area contributed by atoms with Crippen molar-refractivity contribution in [2.75, 3.05) is 44.6 Å². The minimum absolute atomic E-state index is 0.000573. The average Bonchev–Trinajstić information content (AvgIpc) is 2.74. The minimum atomic E-state index is -4.93. The van der Waals surface area contributed by atoms with Gasteiger partial charge in [0, 0.05) is 44.5 Å². The molecule has 0 radical (unpaired) electrons. The highest BCUT2D eigenvalue weighted by Gasteiger charge is 2.37. The second-order valence-electron chi connectivity index (χ2n) is 8.44. The molecule has 0 bridgehead atoms. The number of aliphatic hydroxyl groups excluding tert-OH is 1. The highest BCUT2D eigenvalue weighted by Crippen LogP contribution is 2.37. The molecule has 0 amide bonds. The molecule has 1 saturated carbocycles. The van der Waals surface area contributed by atoms with Gasteiger partial charge in [0.1, 0.15) is 0 Å². The van der Waals surface area contributed by atoms with Gasteiger partial charge in [0.05, 0.1) is 23.8 Å². The van der Waals surface area contributed by atoms with Gasteiger partial charge in [0.25, 0.3) is 0 Å². The SMILES string of the molecule is N[C@H]1CCCC[C@@H]1N=C(Nc1cc(C(F)(F)F)cc(C(F)(F)F)c1)N1CCN(CCO)CC1. The fraction of sp³-hybridized carbons (Fsp3) is 0.667. The third kappa shape index (κ3) is 6.97. The molecule has 1 aromatic rings. The molecule has 2 aliphatic rings. The molecule has 1 saturated heterocycles. The number of rotatable bonds is 4. The molecule has 0 aromatic heterocycles. The van der Waals surface area contributed by atoms with Gasteiger partial charge in [-0.05, 0) is 31.0 Å². The molecule has 186 valence electrons. The first-order valence-corrected chi connectivity index (χ1v) is 11.0. The van der Waals surface area contributed by atoms with Crippen molar-refractivity contribution >= 4 is 11.6 Å². The Morgan fingerprint density at radius 1 is 0.970 bits per heavy atom. The number of aliphatic hydroxyl groups is 1. The number of nitrogens with zero attached hydrogens (tertiary/aromatic N) is 3. The third-order valence-corrected chi connectivity index (χ3v) is 6.00. The zero-order valence-electron chi connectivity index (χ0n) is 18.1. The van der Waals surface area contributed by atoms with Crippen molar-refractivity contribution < 1.29 is 31.4 Å². The summed E-state index contributed by atoms with van der Waals surface area (Å²) >= 11 is 0. The van der Waals surface area contributed by atoms with Gasteiger partial charge in [-0.2, -0.15) is 26.3 Å². The van der Waals surface area contributed by atoms with E-state index in [2.05, 4.69) is 10.3 Å². The summed E-state index contributed by atoms with van der Waals surface area (Å²) in [4.78, 5) is 8.49. The Morgan fingerprint density at radius 3 is 2.06 bits per heavy atom. The Hall–Kier alpha value is -2.05. The van der Waals surface area contributed by atoms with Crippen molar-refractivity contribution in [1.82, 2.24) is 9.80 Å². The minimum Gasteiger partial charge on any atom is -0.395 e. The predicted molar refractivity (Wildman–Crippen MR) is 113 cm³/mol. The van der Waals surface area contributed by atoms with Crippen LogP contribution in [-0.4, -0.2) is 72.3 Å². The number of β-amino-alcohol motifs (C(OH)–C–C–N with tert-alkyl or cyclic N) is 1.